The van der Waals surface area contributed by atoms with Gasteiger partial charge >= 0.3 is 0 Å². The summed E-state index contributed by atoms with van der Waals surface area (Å²) in [4.78, 5) is 12.8. The third kappa shape index (κ3) is 3.48. The van der Waals surface area contributed by atoms with E-state index >= 15 is 0 Å². The molecule has 1 aromatic rings. The second kappa shape index (κ2) is 6.25. The number of rotatable bonds is 5. The highest BCUT2D eigenvalue weighted by Crippen LogP contribution is 2.61. The summed E-state index contributed by atoms with van der Waals surface area (Å²) in [6.45, 7) is 2.16. The van der Waals surface area contributed by atoms with Gasteiger partial charge in [0.15, 0.2) is 0 Å². The summed E-state index contributed by atoms with van der Waals surface area (Å²) >= 11 is 0. The number of benzene rings is 1. The van der Waals surface area contributed by atoms with E-state index in [0.29, 0.717) is 11.3 Å². The lowest BCUT2D eigenvalue weighted by atomic mass is 9.48. The van der Waals surface area contributed by atoms with E-state index < -0.39 is 10.0 Å². The van der Waals surface area contributed by atoms with Crippen molar-refractivity contribution in [3.8, 4) is 0 Å². The van der Waals surface area contributed by atoms with Crippen LogP contribution in [-0.4, -0.2) is 26.6 Å². The topological polar surface area (TPSA) is 75.3 Å². The van der Waals surface area contributed by atoms with E-state index in [0.717, 1.165) is 24.0 Å². The molecule has 0 aliphatic heterocycles. The van der Waals surface area contributed by atoms with Crippen LogP contribution in [0.3, 0.4) is 0 Å². The van der Waals surface area contributed by atoms with Gasteiger partial charge in [0.1, 0.15) is 0 Å². The van der Waals surface area contributed by atoms with Crippen LogP contribution < -0.4 is 10.0 Å². The Morgan fingerprint density at radius 2 is 1.69 bits per heavy atom. The fourth-order valence-electron chi connectivity index (χ4n) is 6.08. The summed E-state index contributed by atoms with van der Waals surface area (Å²) in [6.07, 6.45) is 9.01. The fourth-order valence-corrected chi connectivity index (χ4v) is 6.63. The van der Waals surface area contributed by atoms with E-state index in [4.69, 9.17) is 0 Å². The Morgan fingerprint density at radius 1 is 1.12 bits per heavy atom. The van der Waals surface area contributed by atoms with Gasteiger partial charge in [0, 0.05) is 17.3 Å². The number of hydrogen-bond donors (Lipinski definition) is 2. The number of nitrogens with one attached hydrogen (secondary N) is 2. The van der Waals surface area contributed by atoms with E-state index in [1.165, 1.54) is 38.5 Å². The average molecular weight is 377 g/mol. The van der Waals surface area contributed by atoms with Gasteiger partial charge in [-0.15, -0.1) is 0 Å². The number of carbonyl (C=O) groups is 1. The Kier molecular flexibility index (Phi) is 4.29. The largest absolute Gasteiger partial charge is 0.349 e. The number of sulfonamides is 1. The molecule has 4 fully saturated rings. The highest BCUT2D eigenvalue weighted by Gasteiger charge is 2.53. The quantitative estimate of drug-likeness (QED) is 0.827. The maximum atomic E-state index is 12.8. The minimum absolute atomic E-state index is 0.120. The maximum absolute atomic E-state index is 12.8. The van der Waals surface area contributed by atoms with Gasteiger partial charge in [-0.1, -0.05) is 6.07 Å². The van der Waals surface area contributed by atoms with Crippen molar-refractivity contribution in [3.05, 3.63) is 29.8 Å². The summed E-state index contributed by atoms with van der Waals surface area (Å²) in [5, 5.41) is 3.23. The van der Waals surface area contributed by atoms with Gasteiger partial charge in [0.2, 0.25) is 10.0 Å². The predicted octanol–water partition coefficient (Wildman–Crippen LogP) is 3.39. The van der Waals surface area contributed by atoms with Gasteiger partial charge < -0.3 is 5.32 Å². The van der Waals surface area contributed by atoms with E-state index in [-0.39, 0.29) is 17.4 Å². The molecule has 142 valence electrons. The molecule has 0 saturated heterocycles. The zero-order valence-electron chi connectivity index (χ0n) is 15.5. The zero-order valence-corrected chi connectivity index (χ0v) is 16.3. The molecule has 4 aliphatic carbocycles. The first-order chi connectivity index (χ1) is 12.2. The molecule has 0 aromatic heterocycles. The van der Waals surface area contributed by atoms with Gasteiger partial charge in [-0.2, -0.15) is 0 Å². The van der Waals surface area contributed by atoms with E-state index in [2.05, 4.69) is 17.0 Å². The Morgan fingerprint density at radius 3 is 2.23 bits per heavy atom. The molecule has 1 aromatic carbocycles. The van der Waals surface area contributed by atoms with Crippen molar-refractivity contribution in [2.45, 2.75) is 51.5 Å². The first-order valence-electron chi connectivity index (χ1n) is 9.61. The Bertz CT molecular complexity index is 783. The van der Waals surface area contributed by atoms with Crippen LogP contribution >= 0.6 is 0 Å². The maximum Gasteiger partial charge on any atom is 0.251 e. The first kappa shape index (κ1) is 17.8. The molecule has 1 unspecified atom stereocenters. The van der Waals surface area contributed by atoms with Crippen LogP contribution in [-0.2, 0) is 10.0 Å². The SMILES string of the molecule is CC(NC(=O)c1cccc(NS(C)(=O)=O)c1)C12CC3CC(CC(C3)C1)C2. The van der Waals surface area contributed by atoms with Gasteiger partial charge in [0.25, 0.3) is 5.91 Å². The lowest BCUT2D eigenvalue weighted by Gasteiger charge is -2.59. The van der Waals surface area contributed by atoms with Crippen molar-refractivity contribution < 1.29 is 13.2 Å². The summed E-state index contributed by atoms with van der Waals surface area (Å²) in [5.74, 6) is 2.43. The van der Waals surface area contributed by atoms with E-state index in [9.17, 15) is 13.2 Å². The fraction of sp³-hybridized carbons (Fsp3) is 0.650. The molecule has 2 N–H and O–H groups in total. The second-order valence-electron chi connectivity index (χ2n) is 8.93. The van der Waals surface area contributed by atoms with Gasteiger partial charge in [-0.3, -0.25) is 9.52 Å². The summed E-state index contributed by atoms with van der Waals surface area (Å²) in [6, 6.07) is 6.84. The molecule has 4 bridgehead atoms. The molecular weight excluding hydrogens is 348 g/mol. The predicted molar refractivity (Wildman–Crippen MR) is 102 cm³/mol. The second-order valence-corrected chi connectivity index (χ2v) is 10.7. The lowest BCUT2D eigenvalue weighted by Crippen LogP contribution is -2.55. The summed E-state index contributed by atoms with van der Waals surface area (Å²) in [5.41, 5.74) is 1.17. The van der Waals surface area contributed by atoms with Crippen molar-refractivity contribution in [2.75, 3.05) is 11.0 Å². The minimum Gasteiger partial charge on any atom is -0.349 e. The molecule has 6 heteroatoms. The molecular formula is C20H28N2O3S. The van der Waals surface area contributed by atoms with Crippen LogP contribution in [0.2, 0.25) is 0 Å². The zero-order chi connectivity index (χ0) is 18.5. The monoisotopic (exact) mass is 376 g/mol. The molecule has 0 heterocycles. The molecule has 5 rings (SSSR count). The highest BCUT2D eigenvalue weighted by molar-refractivity contribution is 7.92. The van der Waals surface area contributed by atoms with Crippen LogP contribution in [0.1, 0.15) is 55.8 Å². The van der Waals surface area contributed by atoms with E-state index in [1.54, 1.807) is 24.3 Å². The summed E-state index contributed by atoms with van der Waals surface area (Å²) < 4.78 is 25.2. The van der Waals surface area contributed by atoms with Gasteiger partial charge in [-0.05, 0) is 86.8 Å². The summed E-state index contributed by atoms with van der Waals surface area (Å²) in [7, 11) is -3.36. The average Bonchev–Trinajstić information content (AvgIpc) is 2.52. The van der Waals surface area contributed by atoms with Crippen LogP contribution in [0.4, 0.5) is 5.69 Å². The third-order valence-corrected chi connectivity index (χ3v) is 7.39. The molecule has 0 spiro atoms. The molecule has 1 amide bonds. The van der Waals surface area contributed by atoms with Crippen molar-refractivity contribution in [1.29, 1.82) is 0 Å². The normalized spacial score (nSPS) is 33.7. The number of hydrogen-bond acceptors (Lipinski definition) is 3. The van der Waals surface area contributed by atoms with Crippen LogP contribution in [0.5, 0.6) is 0 Å². The standard InChI is InChI=1S/C20H28N2O3S/c1-13(20-10-14-6-15(11-20)8-16(7-14)12-20)21-19(23)17-4-3-5-18(9-17)22-26(2,24)25/h3-5,9,13-16,22H,6-8,10-12H2,1-2H3,(H,21,23). The Hall–Kier alpha value is -1.56. The first-order valence-corrected chi connectivity index (χ1v) is 11.5. The molecule has 26 heavy (non-hydrogen) atoms. The third-order valence-electron chi connectivity index (χ3n) is 6.78. The van der Waals surface area contributed by atoms with Crippen LogP contribution in [0, 0.1) is 23.2 Å². The highest BCUT2D eigenvalue weighted by atomic mass is 32.2. The smallest absolute Gasteiger partial charge is 0.251 e. The van der Waals surface area contributed by atoms with Crippen molar-refractivity contribution in [1.82, 2.24) is 5.32 Å². The molecule has 4 aliphatic rings. The van der Waals surface area contributed by atoms with Crippen molar-refractivity contribution in [2.24, 2.45) is 23.2 Å². The number of carbonyl (C=O) groups excluding carboxylic acids is 1. The van der Waals surface area contributed by atoms with E-state index in [1.807, 2.05) is 0 Å². The molecule has 5 nitrogen and oxygen atoms in total. The van der Waals surface area contributed by atoms with Gasteiger partial charge in [-0.25, -0.2) is 8.42 Å². The molecule has 0 radical (unpaired) electrons. The van der Waals surface area contributed by atoms with Crippen LogP contribution in [0.15, 0.2) is 24.3 Å². The van der Waals surface area contributed by atoms with Gasteiger partial charge in [0.05, 0.1) is 6.26 Å². The van der Waals surface area contributed by atoms with Crippen LogP contribution in [0.25, 0.3) is 0 Å². The minimum atomic E-state index is -3.36. The molecule has 1 atom stereocenters. The number of amides is 1. The number of anilines is 1. The van der Waals surface area contributed by atoms with Crippen molar-refractivity contribution in [3.63, 3.8) is 0 Å². The van der Waals surface area contributed by atoms with Crippen molar-refractivity contribution >= 4 is 21.6 Å². The Balaban J connectivity index is 1.47. The Labute approximate surface area is 156 Å². The molecule has 4 saturated carbocycles. The lowest BCUT2D eigenvalue weighted by molar-refractivity contribution is -0.0688.